The molecule has 1 aromatic rings. The van der Waals surface area contributed by atoms with Gasteiger partial charge in [-0.15, -0.1) is 0 Å². The van der Waals surface area contributed by atoms with E-state index in [2.05, 4.69) is 0 Å². The number of carbonyl (C=O) groups is 1. The van der Waals surface area contributed by atoms with Gasteiger partial charge in [0.15, 0.2) is 0 Å². The van der Waals surface area contributed by atoms with Crippen molar-refractivity contribution in [1.82, 2.24) is 5.06 Å². The molecule has 0 bridgehead atoms. The number of hydrogen-bond acceptors (Lipinski definition) is 4. The highest BCUT2D eigenvalue weighted by Gasteiger charge is 2.17. The zero-order valence-corrected chi connectivity index (χ0v) is 9.26. The van der Waals surface area contributed by atoms with Crippen LogP contribution in [-0.4, -0.2) is 30.1 Å². The van der Waals surface area contributed by atoms with Crippen LogP contribution in [0.4, 0.5) is 5.69 Å². The summed E-state index contributed by atoms with van der Waals surface area (Å²) in [6, 6.07) is 4.14. The van der Waals surface area contributed by atoms with E-state index in [0.29, 0.717) is 5.56 Å². The summed E-state index contributed by atoms with van der Waals surface area (Å²) in [5, 5.41) is 11.6. The number of nitro groups is 1. The van der Waals surface area contributed by atoms with Crippen LogP contribution in [0.15, 0.2) is 18.2 Å². The van der Waals surface area contributed by atoms with Gasteiger partial charge in [0.05, 0.1) is 17.6 Å². The zero-order valence-electron chi connectivity index (χ0n) is 9.26. The lowest BCUT2D eigenvalue weighted by molar-refractivity contribution is -0.384. The minimum atomic E-state index is -0.539. The van der Waals surface area contributed by atoms with Crippen molar-refractivity contribution in [3.8, 4) is 0 Å². The number of rotatable bonds is 3. The number of nitrogens with zero attached hydrogens (tertiary/aromatic N) is 2. The highest BCUT2D eigenvalue weighted by molar-refractivity contribution is 5.95. The van der Waals surface area contributed by atoms with Gasteiger partial charge in [0.1, 0.15) is 0 Å². The van der Waals surface area contributed by atoms with Crippen LogP contribution < -0.4 is 0 Å². The molecule has 0 saturated heterocycles. The Morgan fingerprint density at radius 3 is 2.62 bits per heavy atom. The highest BCUT2D eigenvalue weighted by Crippen LogP contribution is 2.18. The highest BCUT2D eigenvalue weighted by atomic mass is 16.7. The molecular weight excluding hydrogens is 212 g/mol. The molecule has 0 N–H and O–H groups in total. The molecule has 0 radical (unpaired) electrons. The van der Waals surface area contributed by atoms with Gasteiger partial charge in [-0.25, -0.2) is 5.06 Å². The molecule has 16 heavy (non-hydrogen) atoms. The second-order valence-corrected chi connectivity index (χ2v) is 3.24. The molecule has 0 fully saturated rings. The maximum atomic E-state index is 11.7. The van der Waals surface area contributed by atoms with Gasteiger partial charge in [0, 0.05) is 19.2 Å². The molecule has 0 heterocycles. The molecule has 0 atom stereocenters. The topological polar surface area (TPSA) is 72.7 Å². The fourth-order valence-corrected chi connectivity index (χ4v) is 1.21. The lowest BCUT2D eigenvalue weighted by atomic mass is 10.1. The molecule has 1 aromatic carbocycles. The SMILES string of the molecule is CON(C)C(=O)c1cc([N+](=O)[O-])ccc1C. The third-order valence-electron chi connectivity index (χ3n) is 2.22. The summed E-state index contributed by atoms with van der Waals surface area (Å²) >= 11 is 0. The Labute approximate surface area is 92.5 Å². The Kier molecular flexibility index (Phi) is 3.57. The van der Waals surface area contributed by atoms with Crippen LogP contribution in [0, 0.1) is 17.0 Å². The number of nitro benzene ring substituents is 1. The molecule has 0 saturated carbocycles. The summed E-state index contributed by atoms with van der Waals surface area (Å²) < 4.78 is 0. The van der Waals surface area contributed by atoms with Crippen LogP contribution in [0.2, 0.25) is 0 Å². The molecule has 0 aliphatic carbocycles. The minimum Gasteiger partial charge on any atom is -0.274 e. The van der Waals surface area contributed by atoms with Gasteiger partial charge in [-0.05, 0) is 12.5 Å². The van der Waals surface area contributed by atoms with Gasteiger partial charge in [0.25, 0.3) is 11.6 Å². The molecule has 6 nitrogen and oxygen atoms in total. The maximum Gasteiger partial charge on any atom is 0.277 e. The number of benzene rings is 1. The fourth-order valence-electron chi connectivity index (χ4n) is 1.21. The van der Waals surface area contributed by atoms with Crippen molar-refractivity contribution in [2.45, 2.75) is 6.92 Å². The van der Waals surface area contributed by atoms with Crippen LogP contribution in [0.5, 0.6) is 0 Å². The summed E-state index contributed by atoms with van der Waals surface area (Å²) in [6.45, 7) is 1.71. The van der Waals surface area contributed by atoms with E-state index in [9.17, 15) is 14.9 Å². The van der Waals surface area contributed by atoms with Gasteiger partial charge in [-0.2, -0.15) is 0 Å². The Morgan fingerprint density at radius 2 is 2.12 bits per heavy atom. The van der Waals surface area contributed by atoms with Crippen molar-refractivity contribution in [2.75, 3.05) is 14.2 Å². The molecule has 0 aliphatic rings. The lowest BCUT2D eigenvalue weighted by Crippen LogP contribution is -2.26. The average Bonchev–Trinajstić information content (AvgIpc) is 2.27. The third kappa shape index (κ3) is 2.34. The first-order valence-corrected chi connectivity index (χ1v) is 4.54. The van der Waals surface area contributed by atoms with E-state index < -0.39 is 10.8 Å². The molecule has 6 heteroatoms. The van der Waals surface area contributed by atoms with Crippen molar-refractivity contribution in [3.05, 3.63) is 39.4 Å². The van der Waals surface area contributed by atoms with Crippen LogP contribution >= 0.6 is 0 Å². The van der Waals surface area contributed by atoms with E-state index in [0.717, 1.165) is 5.06 Å². The summed E-state index contributed by atoms with van der Waals surface area (Å²) in [5.41, 5.74) is 0.816. The van der Waals surface area contributed by atoms with E-state index in [1.165, 1.54) is 32.4 Å². The minimum absolute atomic E-state index is 0.113. The van der Waals surface area contributed by atoms with Gasteiger partial charge in [0.2, 0.25) is 0 Å². The van der Waals surface area contributed by atoms with E-state index in [1.54, 1.807) is 6.92 Å². The fraction of sp³-hybridized carbons (Fsp3) is 0.300. The first kappa shape index (κ1) is 12.1. The standard InChI is InChI=1S/C10H12N2O4/c1-7-4-5-8(12(14)15)6-9(7)10(13)11(2)16-3/h4-6H,1-3H3. The number of aryl methyl sites for hydroxylation is 1. The number of hydrogen-bond donors (Lipinski definition) is 0. The summed E-state index contributed by atoms with van der Waals surface area (Å²) in [7, 11) is 2.80. The second-order valence-electron chi connectivity index (χ2n) is 3.24. The molecule has 0 aliphatic heterocycles. The Balaban J connectivity index is 3.17. The molecule has 0 spiro atoms. The number of amides is 1. The first-order chi connectivity index (χ1) is 7.47. The molecule has 0 aromatic heterocycles. The Bertz CT molecular complexity index is 431. The number of carbonyl (C=O) groups excluding carboxylic acids is 1. The maximum absolute atomic E-state index is 11.7. The molecule has 1 rings (SSSR count). The second kappa shape index (κ2) is 4.71. The summed E-state index contributed by atoms with van der Waals surface area (Å²) in [4.78, 5) is 26.5. The first-order valence-electron chi connectivity index (χ1n) is 4.54. The Morgan fingerprint density at radius 1 is 1.50 bits per heavy atom. The molecule has 1 amide bonds. The van der Waals surface area contributed by atoms with Crippen LogP contribution in [0.3, 0.4) is 0 Å². The molecule has 86 valence electrons. The van der Waals surface area contributed by atoms with Crippen molar-refractivity contribution >= 4 is 11.6 Å². The largest absolute Gasteiger partial charge is 0.277 e. The molecule has 0 unspecified atom stereocenters. The Hall–Kier alpha value is -1.95. The van der Waals surface area contributed by atoms with Gasteiger partial charge >= 0.3 is 0 Å². The molecular formula is C10H12N2O4. The summed E-state index contributed by atoms with van der Waals surface area (Å²) in [5.74, 6) is -0.413. The van der Waals surface area contributed by atoms with Crippen molar-refractivity contribution in [1.29, 1.82) is 0 Å². The normalized spacial score (nSPS) is 9.94. The monoisotopic (exact) mass is 224 g/mol. The van der Waals surface area contributed by atoms with Crippen LogP contribution in [0.1, 0.15) is 15.9 Å². The van der Waals surface area contributed by atoms with Gasteiger partial charge in [-0.3, -0.25) is 19.7 Å². The quantitative estimate of drug-likeness (QED) is 0.576. The zero-order chi connectivity index (χ0) is 12.3. The lowest BCUT2D eigenvalue weighted by Gasteiger charge is -2.14. The number of hydroxylamine groups is 2. The predicted octanol–water partition coefficient (Wildman–Crippen LogP) is 1.54. The summed E-state index contributed by atoms with van der Waals surface area (Å²) in [6.07, 6.45) is 0. The van der Waals surface area contributed by atoms with E-state index in [-0.39, 0.29) is 11.3 Å². The van der Waals surface area contributed by atoms with E-state index >= 15 is 0 Å². The van der Waals surface area contributed by atoms with Crippen LogP contribution in [-0.2, 0) is 4.84 Å². The van der Waals surface area contributed by atoms with Crippen molar-refractivity contribution in [3.63, 3.8) is 0 Å². The van der Waals surface area contributed by atoms with Crippen molar-refractivity contribution < 1.29 is 14.6 Å². The van der Waals surface area contributed by atoms with E-state index in [1.807, 2.05) is 0 Å². The predicted molar refractivity (Wildman–Crippen MR) is 56.9 cm³/mol. The van der Waals surface area contributed by atoms with Gasteiger partial charge < -0.3 is 0 Å². The third-order valence-corrected chi connectivity index (χ3v) is 2.22. The van der Waals surface area contributed by atoms with Gasteiger partial charge in [-0.1, -0.05) is 6.07 Å². The smallest absolute Gasteiger partial charge is 0.274 e. The average molecular weight is 224 g/mol. The number of non-ortho nitro benzene ring substituents is 1. The van der Waals surface area contributed by atoms with Crippen LogP contribution in [0.25, 0.3) is 0 Å². The van der Waals surface area contributed by atoms with Crippen molar-refractivity contribution in [2.24, 2.45) is 0 Å². The van der Waals surface area contributed by atoms with E-state index in [4.69, 9.17) is 4.84 Å².